The van der Waals surface area contributed by atoms with E-state index in [2.05, 4.69) is 4.98 Å². The van der Waals surface area contributed by atoms with Gasteiger partial charge in [0.05, 0.1) is 19.9 Å². The number of nitrogens with zero attached hydrogens (tertiary/aromatic N) is 2. The van der Waals surface area contributed by atoms with Gasteiger partial charge in [-0.25, -0.2) is 9.78 Å². The van der Waals surface area contributed by atoms with Crippen LogP contribution in [0.25, 0.3) is 0 Å². The Morgan fingerprint density at radius 2 is 2.33 bits per heavy atom. The predicted octanol–water partition coefficient (Wildman–Crippen LogP) is 1.38. The molecule has 1 heterocycles. The number of rotatable bonds is 4. The van der Waals surface area contributed by atoms with E-state index < -0.39 is 6.09 Å². The van der Waals surface area contributed by atoms with E-state index in [0.717, 1.165) is 5.06 Å². The molecule has 6 heteroatoms. The quantitative estimate of drug-likeness (QED) is 0.763. The molecule has 1 aromatic heterocycles. The first-order chi connectivity index (χ1) is 7.17. The molecule has 0 unspecified atom stereocenters. The van der Waals surface area contributed by atoms with E-state index in [4.69, 9.17) is 14.7 Å². The van der Waals surface area contributed by atoms with Gasteiger partial charge < -0.3 is 14.7 Å². The summed E-state index contributed by atoms with van der Waals surface area (Å²) < 4.78 is 4.85. The van der Waals surface area contributed by atoms with Crippen LogP contribution in [0.1, 0.15) is 6.92 Å². The molecule has 0 fully saturated rings. The zero-order valence-corrected chi connectivity index (χ0v) is 8.51. The topological polar surface area (TPSA) is 71.9 Å². The second-order valence-corrected chi connectivity index (χ2v) is 2.60. The third kappa shape index (κ3) is 3.01. The molecule has 1 aromatic rings. The van der Waals surface area contributed by atoms with Crippen molar-refractivity contribution in [3.8, 4) is 11.6 Å². The van der Waals surface area contributed by atoms with E-state index in [1.807, 2.05) is 0 Å². The van der Waals surface area contributed by atoms with Crippen LogP contribution in [0, 0.1) is 0 Å². The van der Waals surface area contributed by atoms with E-state index in [9.17, 15) is 4.79 Å². The van der Waals surface area contributed by atoms with E-state index in [-0.39, 0.29) is 6.54 Å². The van der Waals surface area contributed by atoms with Gasteiger partial charge in [0.15, 0.2) is 5.75 Å². The van der Waals surface area contributed by atoms with Gasteiger partial charge in [-0.05, 0) is 13.0 Å². The highest BCUT2D eigenvalue weighted by atomic mass is 16.7. The second kappa shape index (κ2) is 5.04. The predicted molar refractivity (Wildman–Crippen MR) is 51.8 cm³/mol. The molecule has 0 atom stereocenters. The molecular weight excluding hydrogens is 200 g/mol. The van der Waals surface area contributed by atoms with Crippen LogP contribution in [-0.2, 0) is 0 Å². The van der Waals surface area contributed by atoms with Crippen molar-refractivity contribution in [1.82, 2.24) is 10.0 Å². The summed E-state index contributed by atoms with van der Waals surface area (Å²) in [6.45, 7) is 1.91. The third-order valence-electron chi connectivity index (χ3n) is 1.63. The standard InChI is InChI=1S/C9H12N2O4/c1-3-11(9(12)13)15-7-4-5-8(14-2)10-6-7/h4-6H,3H2,1-2H3,(H,12,13). The molecule has 6 nitrogen and oxygen atoms in total. The van der Waals surface area contributed by atoms with Crippen molar-refractivity contribution in [2.45, 2.75) is 6.92 Å². The monoisotopic (exact) mass is 212 g/mol. The third-order valence-corrected chi connectivity index (χ3v) is 1.63. The van der Waals surface area contributed by atoms with E-state index in [1.165, 1.54) is 13.3 Å². The van der Waals surface area contributed by atoms with Gasteiger partial charge in [0.2, 0.25) is 5.88 Å². The Kier molecular flexibility index (Phi) is 3.73. The summed E-state index contributed by atoms with van der Waals surface area (Å²) in [6, 6.07) is 3.17. The molecule has 1 N–H and O–H groups in total. The number of amides is 1. The average molecular weight is 212 g/mol. The van der Waals surface area contributed by atoms with Crippen LogP contribution < -0.4 is 9.57 Å². The smallest absolute Gasteiger partial charge is 0.440 e. The number of carboxylic acid groups (broad SMARTS) is 1. The van der Waals surface area contributed by atoms with Crippen molar-refractivity contribution in [2.24, 2.45) is 0 Å². The fourth-order valence-electron chi connectivity index (χ4n) is 0.908. The van der Waals surface area contributed by atoms with Crippen molar-refractivity contribution in [1.29, 1.82) is 0 Å². The number of aromatic nitrogens is 1. The summed E-state index contributed by atoms with van der Waals surface area (Å²) in [5.41, 5.74) is 0. The van der Waals surface area contributed by atoms with Gasteiger partial charge in [-0.2, -0.15) is 0 Å². The molecule has 0 saturated heterocycles. The first kappa shape index (κ1) is 11.1. The number of hydrogen-bond acceptors (Lipinski definition) is 4. The van der Waals surface area contributed by atoms with E-state index >= 15 is 0 Å². The van der Waals surface area contributed by atoms with Gasteiger partial charge in [-0.15, -0.1) is 5.06 Å². The molecule has 1 rings (SSSR count). The van der Waals surface area contributed by atoms with Crippen LogP contribution >= 0.6 is 0 Å². The Labute approximate surface area is 87.0 Å². The maximum atomic E-state index is 10.6. The minimum absolute atomic E-state index is 0.237. The summed E-state index contributed by atoms with van der Waals surface area (Å²) in [7, 11) is 1.50. The van der Waals surface area contributed by atoms with Gasteiger partial charge in [0, 0.05) is 6.07 Å². The summed E-state index contributed by atoms with van der Waals surface area (Å²) in [5, 5.41) is 9.50. The number of hydroxylamine groups is 2. The Hall–Kier alpha value is -1.98. The van der Waals surface area contributed by atoms with Gasteiger partial charge in [0.25, 0.3) is 0 Å². The molecular formula is C9H12N2O4. The van der Waals surface area contributed by atoms with Gasteiger partial charge in [-0.3, -0.25) is 0 Å². The van der Waals surface area contributed by atoms with Crippen molar-refractivity contribution >= 4 is 6.09 Å². The lowest BCUT2D eigenvalue weighted by molar-refractivity contribution is -0.0318. The van der Waals surface area contributed by atoms with E-state index in [1.54, 1.807) is 19.1 Å². The number of carbonyl (C=O) groups is 1. The molecule has 15 heavy (non-hydrogen) atoms. The van der Waals surface area contributed by atoms with Gasteiger partial charge in [0.1, 0.15) is 0 Å². The van der Waals surface area contributed by atoms with Crippen LogP contribution in [-0.4, -0.2) is 34.9 Å². The summed E-state index contributed by atoms with van der Waals surface area (Å²) in [6.07, 6.45) is 0.248. The van der Waals surface area contributed by atoms with Crippen molar-refractivity contribution in [3.63, 3.8) is 0 Å². The molecule has 0 saturated carbocycles. The fraction of sp³-hybridized carbons (Fsp3) is 0.333. The van der Waals surface area contributed by atoms with Crippen LogP contribution in [0.4, 0.5) is 4.79 Å². The van der Waals surface area contributed by atoms with Crippen LogP contribution in [0.3, 0.4) is 0 Å². The second-order valence-electron chi connectivity index (χ2n) is 2.60. The number of pyridine rings is 1. The van der Waals surface area contributed by atoms with Crippen molar-refractivity contribution in [2.75, 3.05) is 13.7 Å². The maximum Gasteiger partial charge on any atom is 0.440 e. The molecule has 0 radical (unpaired) electrons. The molecule has 1 amide bonds. The summed E-state index contributed by atoms with van der Waals surface area (Å²) in [5.74, 6) is 0.792. The van der Waals surface area contributed by atoms with Gasteiger partial charge in [-0.1, -0.05) is 0 Å². The van der Waals surface area contributed by atoms with Crippen molar-refractivity contribution in [3.05, 3.63) is 18.3 Å². The molecule has 0 aromatic carbocycles. The first-order valence-corrected chi connectivity index (χ1v) is 4.35. The van der Waals surface area contributed by atoms with Gasteiger partial charge >= 0.3 is 6.09 Å². The number of methoxy groups -OCH3 is 1. The Morgan fingerprint density at radius 1 is 1.60 bits per heavy atom. The molecule has 0 aliphatic rings. The van der Waals surface area contributed by atoms with Crippen LogP contribution in [0.2, 0.25) is 0 Å². The number of hydrogen-bond donors (Lipinski definition) is 1. The molecule has 0 aliphatic heterocycles. The fourth-order valence-corrected chi connectivity index (χ4v) is 0.908. The zero-order valence-electron chi connectivity index (χ0n) is 8.51. The molecule has 0 bridgehead atoms. The summed E-state index contributed by atoms with van der Waals surface area (Å²) >= 11 is 0. The SMILES string of the molecule is CCN(Oc1ccc(OC)nc1)C(=O)O. The Morgan fingerprint density at radius 3 is 2.73 bits per heavy atom. The lowest BCUT2D eigenvalue weighted by Crippen LogP contribution is -2.32. The minimum Gasteiger partial charge on any atom is -0.481 e. The van der Waals surface area contributed by atoms with Crippen molar-refractivity contribution < 1.29 is 19.5 Å². The Balaban J connectivity index is 2.67. The van der Waals surface area contributed by atoms with Crippen LogP contribution in [0.15, 0.2) is 18.3 Å². The largest absolute Gasteiger partial charge is 0.481 e. The first-order valence-electron chi connectivity index (χ1n) is 4.35. The van der Waals surface area contributed by atoms with E-state index in [0.29, 0.717) is 11.6 Å². The minimum atomic E-state index is -1.15. The lowest BCUT2D eigenvalue weighted by atomic mass is 10.4. The lowest BCUT2D eigenvalue weighted by Gasteiger charge is -2.16. The normalized spacial score (nSPS) is 9.47. The highest BCUT2D eigenvalue weighted by Gasteiger charge is 2.11. The highest BCUT2D eigenvalue weighted by Crippen LogP contribution is 2.14. The average Bonchev–Trinajstić information content (AvgIpc) is 2.26. The molecule has 0 spiro atoms. The van der Waals surface area contributed by atoms with Crippen LogP contribution in [0.5, 0.6) is 11.6 Å². The summed E-state index contributed by atoms with van der Waals surface area (Å²) in [4.78, 5) is 19.5. The molecule has 0 aliphatic carbocycles. The Bertz CT molecular complexity index is 325. The molecule has 82 valence electrons. The zero-order chi connectivity index (χ0) is 11.3. The number of ether oxygens (including phenoxy) is 1. The highest BCUT2D eigenvalue weighted by molar-refractivity contribution is 5.63. The maximum absolute atomic E-state index is 10.6.